The number of hydrogen-bond donors (Lipinski definition) is 2. The van der Waals surface area contributed by atoms with Gasteiger partial charge in [0, 0.05) is 6.42 Å². The van der Waals surface area contributed by atoms with Crippen molar-refractivity contribution < 1.29 is 31.9 Å². The summed E-state index contributed by atoms with van der Waals surface area (Å²) in [5.41, 5.74) is -4.19. The van der Waals surface area contributed by atoms with Crippen LogP contribution in [-0.2, 0) is 14.3 Å². The highest BCUT2D eigenvalue weighted by Gasteiger charge is 2.63. The first-order valence-electron chi connectivity index (χ1n) is 6.75. The lowest BCUT2D eigenvalue weighted by molar-refractivity contribution is -0.207. The molecule has 0 aliphatic rings. The number of halogens is 4. The van der Waals surface area contributed by atoms with Crippen molar-refractivity contribution in [2.45, 2.75) is 32.1 Å². The average molecular weight is 336 g/mol. The normalized spacial score (nSPS) is 13.8. The number of rotatable bonds is 6. The maximum Gasteiger partial charge on any atom is 0.441 e. The molecule has 0 saturated heterocycles. The Morgan fingerprint density at radius 1 is 1.17 bits per heavy atom. The number of ether oxygens (including phenoxy) is 1. The highest BCUT2D eigenvalue weighted by atomic mass is 19.4. The molecular weight excluding hydrogens is 320 g/mol. The number of para-hydroxylation sites is 1. The van der Waals surface area contributed by atoms with E-state index in [-0.39, 0.29) is 13.0 Å². The van der Waals surface area contributed by atoms with Gasteiger partial charge in [-0.1, -0.05) is 19.1 Å². The van der Waals surface area contributed by atoms with E-state index in [0.29, 0.717) is 0 Å². The Labute approximate surface area is 130 Å². The molecule has 0 fully saturated rings. The van der Waals surface area contributed by atoms with Gasteiger partial charge in [0.05, 0.1) is 12.3 Å². The van der Waals surface area contributed by atoms with Gasteiger partial charge in [-0.2, -0.15) is 13.2 Å². The van der Waals surface area contributed by atoms with E-state index < -0.39 is 35.2 Å². The summed E-state index contributed by atoms with van der Waals surface area (Å²) < 4.78 is 58.8. The second-order valence-corrected chi connectivity index (χ2v) is 4.47. The predicted molar refractivity (Wildman–Crippen MR) is 73.9 cm³/mol. The van der Waals surface area contributed by atoms with Crippen LogP contribution in [0.25, 0.3) is 0 Å². The molecule has 0 spiro atoms. The first-order valence-corrected chi connectivity index (χ1v) is 6.75. The number of alkyl halides is 3. The molecule has 128 valence electrons. The smallest absolute Gasteiger partial charge is 0.441 e. The number of nitrogens with one attached hydrogen (secondary N) is 2. The maximum atomic E-state index is 13.7. The van der Waals surface area contributed by atoms with E-state index in [2.05, 4.69) is 4.74 Å². The Morgan fingerprint density at radius 2 is 1.78 bits per heavy atom. The van der Waals surface area contributed by atoms with Crippen LogP contribution in [0, 0.1) is 5.82 Å². The van der Waals surface area contributed by atoms with Crippen molar-refractivity contribution in [1.82, 2.24) is 5.32 Å². The molecule has 1 rings (SSSR count). The molecule has 1 aromatic rings. The van der Waals surface area contributed by atoms with Crippen molar-refractivity contribution in [3.8, 4) is 0 Å². The number of anilines is 1. The summed E-state index contributed by atoms with van der Waals surface area (Å²) in [6.07, 6.45) is -5.58. The van der Waals surface area contributed by atoms with Crippen molar-refractivity contribution >= 4 is 17.6 Å². The fourth-order valence-electron chi connectivity index (χ4n) is 1.69. The lowest BCUT2D eigenvalue weighted by Crippen LogP contribution is -2.69. The fraction of sp³-hybridized carbons (Fsp3) is 0.429. The molecule has 5 nitrogen and oxygen atoms in total. The summed E-state index contributed by atoms with van der Waals surface area (Å²) in [7, 11) is 0. The number of amides is 1. The maximum absolute atomic E-state index is 13.7. The van der Waals surface area contributed by atoms with E-state index in [9.17, 15) is 27.2 Å². The van der Waals surface area contributed by atoms with Gasteiger partial charge in [-0.3, -0.25) is 4.79 Å². The molecule has 1 aromatic carbocycles. The lowest BCUT2D eigenvalue weighted by atomic mass is 10.1. The number of benzene rings is 1. The van der Waals surface area contributed by atoms with Crippen molar-refractivity contribution in [2.24, 2.45) is 0 Å². The molecule has 1 amide bonds. The Balaban J connectivity index is 3.39. The molecular formula is C14H16F4N2O3. The van der Waals surface area contributed by atoms with Crippen molar-refractivity contribution in [3.63, 3.8) is 0 Å². The molecule has 1 atom stereocenters. The first-order chi connectivity index (χ1) is 10.7. The lowest BCUT2D eigenvalue weighted by Gasteiger charge is -2.35. The third-order valence-electron chi connectivity index (χ3n) is 2.85. The zero-order valence-electron chi connectivity index (χ0n) is 12.5. The summed E-state index contributed by atoms with van der Waals surface area (Å²) in [5.74, 6) is -3.85. The molecule has 0 aromatic heterocycles. The number of carbonyl (C=O) groups excluding carboxylic acids is 2. The van der Waals surface area contributed by atoms with E-state index in [1.54, 1.807) is 10.6 Å². The highest BCUT2D eigenvalue weighted by molar-refractivity contribution is 5.91. The SMILES string of the molecule is CCOC(=O)[C@](NC(=O)CC)(Nc1ccccc1F)C(F)(F)F. The second kappa shape index (κ2) is 7.30. The topological polar surface area (TPSA) is 67.4 Å². The third kappa shape index (κ3) is 4.11. The minimum Gasteiger partial charge on any atom is -0.463 e. The van der Waals surface area contributed by atoms with Crippen LogP contribution in [0.3, 0.4) is 0 Å². The van der Waals surface area contributed by atoms with Crippen LogP contribution in [-0.4, -0.2) is 30.3 Å². The second-order valence-electron chi connectivity index (χ2n) is 4.47. The van der Waals surface area contributed by atoms with Crippen LogP contribution in [0.2, 0.25) is 0 Å². The van der Waals surface area contributed by atoms with Gasteiger partial charge >= 0.3 is 17.8 Å². The zero-order valence-corrected chi connectivity index (χ0v) is 12.5. The standard InChI is InChI=1S/C14H16F4N2O3/c1-3-11(21)20-13(14(16,17)18,12(22)23-4-2)19-10-8-6-5-7-9(10)15/h5-8,19H,3-4H2,1-2H3,(H,20,21)/t13-/m1/s1. The van der Waals surface area contributed by atoms with Gasteiger partial charge in [0.25, 0.3) is 0 Å². The van der Waals surface area contributed by atoms with Gasteiger partial charge in [-0.15, -0.1) is 0 Å². The van der Waals surface area contributed by atoms with Crippen molar-refractivity contribution in [1.29, 1.82) is 0 Å². The fourth-order valence-corrected chi connectivity index (χ4v) is 1.69. The van der Waals surface area contributed by atoms with E-state index in [1.807, 2.05) is 0 Å². The van der Waals surface area contributed by atoms with Gasteiger partial charge in [-0.25, -0.2) is 9.18 Å². The van der Waals surface area contributed by atoms with Gasteiger partial charge in [0.1, 0.15) is 5.82 Å². The van der Waals surface area contributed by atoms with E-state index >= 15 is 0 Å². The minimum absolute atomic E-state index is 0.309. The molecule has 0 unspecified atom stereocenters. The molecule has 0 radical (unpaired) electrons. The van der Waals surface area contributed by atoms with Crippen LogP contribution in [0.4, 0.5) is 23.2 Å². The van der Waals surface area contributed by atoms with E-state index in [4.69, 9.17) is 0 Å². The summed E-state index contributed by atoms with van der Waals surface area (Å²) >= 11 is 0. The summed E-state index contributed by atoms with van der Waals surface area (Å²) in [5, 5.41) is 3.31. The number of esters is 1. The van der Waals surface area contributed by atoms with E-state index in [0.717, 1.165) is 12.1 Å². The van der Waals surface area contributed by atoms with Gasteiger partial charge in [0.15, 0.2) is 0 Å². The third-order valence-corrected chi connectivity index (χ3v) is 2.85. The van der Waals surface area contributed by atoms with Gasteiger partial charge in [-0.05, 0) is 19.1 Å². The summed E-state index contributed by atoms with van der Waals surface area (Å²) in [4.78, 5) is 23.4. The highest BCUT2D eigenvalue weighted by Crippen LogP contribution is 2.34. The largest absolute Gasteiger partial charge is 0.463 e. The average Bonchev–Trinajstić information content (AvgIpc) is 2.47. The zero-order chi connectivity index (χ0) is 17.7. The summed E-state index contributed by atoms with van der Waals surface area (Å²) in [6, 6.07) is 4.47. The molecule has 0 aliphatic heterocycles. The molecule has 0 saturated carbocycles. The molecule has 0 aliphatic carbocycles. The van der Waals surface area contributed by atoms with Crippen molar-refractivity contribution in [2.75, 3.05) is 11.9 Å². The Morgan fingerprint density at radius 3 is 2.26 bits per heavy atom. The molecule has 2 N–H and O–H groups in total. The minimum atomic E-state index is -5.27. The molecule has 23 heavy (non-hydrogen) atoms. The van der Waals surface area contributed by atoms with Crippen molar-refractivity contribution in [3.05, 3.63) is 30.1 Å². The Hall–Kier alpha value is -2.32. The number of hydrogen-bond acceptors (Lipinski definition) is 4. The van der Waals surface area contributed by atoms with Crippen LogP contribution in [0.15, 0.2) is 24.3 Å². The predicted octanol–water partition coefficient (Wildman–Crippen LogP) is 2.59. The van der Waals surface area contributed by atoms with Crippen LogP contribution >= 0.6 is 0 Å². The monoisotopic (exact) mass is 336 g/mol. The number of carbonyl (C=O) groups is 2. The summed E-state index contributed by atoms with van der Waals surface area (Å²) in [6.45, 7) is 2.27. The molecule has 0 heterocycles. The first kappa shape index (κ1) is 18.7. The Kier molecular flexibility index (Phi) is 5.94. The van der Waals surface area contributed by atoms with Crippen LogP contribution in [0.1, 0.15) is 20.3 Å². The van der Waals surface area contributed by atoms with Gasteiger partial charge in [0.2, 0.25) is 5.91 Å². The van der Waals surface area contributed by atoms with E-state index in [1.165, 1.54) is 26.0 Å². The quantitative estimate of drug-likeness (QED) is 0.476. The van der Waals surface area contributed by atoms with Crippen LogP contribution in [0.5, 0.6) is 0 Å². The van der Waals surface area contributed by atoms with Crippen LogP contribution < -0.4 is 10.6 Å². The van der Waals surface area contributed by atoms with Gasteiger partial charge < -0.3 is 15.4 Å². The molecule has 0 bridgehead atoms. The molecule has 9 heteroatoms. The Bertz CT molecular complexity index is 577.